The van der Waals surface area contributed by atoms with Gasteiger partial charge in [-0.2, -0.15) is 0 Å². The Hall–Kier alpha value is -2.04. The first-order chi connectivity index (χ1) is 8.20. The lowest BCUT2D eigenvalue weighted by atomic mass is 10.4. The van der Waals surface area contributed by atoms with Crippen molar-refractivity contribution in [3.05, 3.63) is 30.2 Å². The maximum atomic E-state index is 11.6. The molecule has 0 fully saturated rings. The Morgan fingerprint density at radius 3 is 3.12 bits per heavy atom. The number of carbonyl (C=O) groups is 1. The Balaban J connectivity index is 2.20. The highest BCUT2D eigenvalue weighted by molar-refractivity contribution is 5.93. The van der Waals surface area contributed by atoms with Gasteiger partial charge in [0.2, 0.25) is 0 Å². The molecular formula is C12H16N4O. The van der Waals surface area contributed by atoms with Gasteiger partial charge >= 0.3 is 6.03 Å². The van der Waals surface area contributed by atoms with Crippen molar-refractivity contribution in [2.45, 2.75) is 20.3 Å². The number of hydrogen-bond donors (Lipinski definition) is 2. The van der Waals surface area contributed by atoms with Crippen LogP contribution in [-0.2, 0) is 0 Å². The first-order valence-corrected chi connectivity index (χ1v) is 5.70. The third-order valence-corrected chi connectivity index (χ3v) is 2.39. The van der Waals surface area contributed by atoms with Gasteiger partial charge < -0.3 is 15.0 Å². The molecule has 0 unspecified atom stereocenters. The molecule has 0 bridgehead atoms. The van der Waals surface area contributed by atoms with Crippen molar-refractivity contribution in [1.82, 2.24) is 14.7 Å². The fraction of sp³-hybridized carbons (Fsp3) is 0.333. The van der Waals surface area contributed by atoms with E-state index in [4.69, 9.17) is 0 Å². The van der Waals surface area contributed by atoms with E-state index in [1.165, 1.54) is 0 Å². The number of nitrogens with one attached hydrogen (secondary N) is 2. The van der Waals surface area contributed by atoms with Gasteiger partial charge in [-0.1, -0.05) is 6.92 Å². The predicted molar refractivity (Wildman–Crippen MR) is 67.2 cm³/mol. The van der Waals surface area contributed by atoms with Crippen LogP contribution in [0.4, 0.5) is 10.5 Å². The van der Waals surface area contributed by atoms with Crippen molar-refractivity contribution < 1.29 is 4.79 Å². The number of amides is 2. The van der Waals surface area contributed by atoms with Crippen LogP contribution >= 0.6 is 0 Å². The minimum Gasteiger partial charge on any atom is -0.338 e. The molecule has 2 amide bonds. The van der Waals surface area contributed by atoms with Crippen LogP contribution in [-0.4, -0.2) is 22.0 Å². The molecule has 17 heavy (non-hydrogen) atoms. The summed E-state index contributed by atoms with van der Waals surface area (Å²) in [7, 11) is 0. The summed E-state index contributed by atoms with van der Waals surface area (Å²) in [5.74, 6) is 0. The molecule has 90 valence electrons. The summed E-state index contributed by atoms with van der Waals surface area (Å²) < 4.78 is 1.89. The van der Waals surface area contributed by atoms with Gasteiger partial charge in [-0.05, 0) is 25.5 Å². The number of urea groups is 1. The summed E-state index contributed by atoms with van der Waals surface area (Å²) in [6.07, 6.45) is 4.75. The van der Waals surface area contributed by atoms with Crippen molar-refractivity contribution in [1.29, 1.82) is 0 Å². The summed E-state index contributed by atoms with van der Waals surface area (Å²) in [4.78, 5) is 15.9. The summed E-state index contributed by atoms with van der Waals surface area (Å²) >= 11 is 0. The number of rotatable bonds is 3. The zero-order chi connectivity index (χ0) is 12.3. The minimum atomic E-state index is -0.194. The lowest BCUT2D eigenvalue weighted by Crippen LogP contribution is -2.29. The number of pyridine rings is 1. The molecule has 0 spiro atoms. The summed E-state index contributed by atoms with van der Waals surface area (Å²) in [6, 6.07) is 3.53. The fourth-order valence-electron chi connectivity index (χ4n) is 1.64. The summed E-state index contributed by atoms with van der Waals surface area (Å²) in [5.41, 5.74) is 2.40. The molecule has 5 heteroatoms. The maximum absolute atomic E-state index is 11.6. The molecule has 0 aliphatic heterocycles. The largest absolute Gasteiger partial charge is 0.338 e. The zero-order valence-electron chi connectivity index (χ0n) is 10.0. The van der Waals surface area contributed by atoms with Gasteiger partial charge in [-0.15, -0.1) is 0 Å². The Labute approximate surface area is 99.9 Å². The van der Waals surface area contributed by atoms with Gasteiger partial charge in [0.1, 0.15) is 0 Å². The molecule has 0 saturated carbocycles. The lowest BCUT2D eigenvalue weighted by Gasteiger charge is -2.07. The number of anilines is 1. The van der Waals surface area contributed by atoms with Crippen LogP contribution in [0.3, 0.4) is 0 Å². The van der Waals surface area contributed by atoms with Crippen molar-refractivity contribution in [3.63, 3.8) is 0 Å². The highest BCUT2D eigenvalue weighted by Crippen LogP contribution is 2.15. The molecule has 2 rings (SSSR count). The van der Waals surface area contributed by atoms with Crippen molar-refractivity contribution in [2.24, 2.45) is 0 Å². The van der Waals surface area contributed by atoms with Gasteiger partial charge in [-0.3, -0.25) is 0 Å². The predicted octanol–water partition coefficient (Wildman–Crippen LogP) is 2.17. The monoisotopic (exact) mass is 232 g/mol. The Morgan fingerprint density at radius 2 is 2.35 bits per heavy atom. The van der Waals surface area contributed by atoms with Crippen molar-refractivity contribution in [2.75, 3.05) is 11.9 Å². The number of aryl methyl sites for hydroxylation is 1. The zero-order valence-corrected chi connectivity index (χ0v) is 10.0. The fourth-order valence-corrected chi connectivity index (χ4v) is 1.64. The van der Waals surface area contributed by atoms with Gasteiger partial charge in [0.05, 0.1) is 11.4 Å². The second-order valence-corrected chi connectivity index (χ2v) is 3.92. The van der Waals surface area contributed by atoms with E-state index in [1.807, 2.05) is 42.8 Å². The molecule has 0 aromatic carbocycles. The topological polar surface area (TPSA) is 58.4 Å². The van der Waals surface area contributed by atoms with Crippen LogP contribution in [0.1, 0.15) is 19.0 Å². The van der Waals surface area contributed by atoms with Crippen LogP contribution in [0, 0.1) is 6.92 Å². The van der Waals surface area contributed by atoms with E-state index in [-0.39, 0.29) is 6.03 Å². The average Bonchev–Trinajstić information content (AvgIpc) is 2.68. The van der Waals surface area contributed by atoms with E-state index in [0.29, 0.717) is 12.2 Å². The molecule has 2 aromatic rings. The number of aromatic nitrogens is 2. The smallest absolute Gasteiger partial charge is 0.319 e. The van der Waals surface area contributed by atoms with Crippen LogP contribution in [0.5, 0.6) is 0 Å². The van der Waals surface area contributed by atoms with E-state index in [9.17, 15) is 4.79 Å². The molecule has 0 atom stereocenters. The minimum absolute atomic E-state index is 0.194. The average molecular weight is 232 g/mol. The first-order valence-electron chi connectivity index (χ1n) is 5.70. The number of nitrogens with zero attached hydrogens (tertiary/aromatic N) is 2. The van der Waals surface area contributed by atoms with Gasteiger partial charge in [0, 0.05) is 18.9 Å². The number of imidazole rings is 1. The lowest BCUT2D eigenvalue weighted by molar-refractivity contribution is 0.252. The molecule has 0 saturated heterocycles. The highest BCUT2D eigenvalue weighted by Gasteiger charge is 2.06. The molecule has 0 aliphatic rings. The van der Waals surface area contributed by atoms with E-state index >= 15 is 0 Å². The SMILES string of the molecule is CCCNC(=O)Nc1cccn2cc(C)nc12. The van der Waals surface area contributed by atoms with E-state index in [2.05, 4.69) is 15.6 Å². The van der Waals surface area contributed by atoms with E-state index < -0.39 is 0 Å². The third-order valence-electron chi connectivity index (χ3n) is 2.39. The summed E-state index contributed by atoms with van der Waals surface area (Å²) in [5, 5.41) is 5.56. The number of carbonyl (C=O) groups excluding carboxylic acids is 1. The second kappa shape index (κ2) is 4.86. The van der Waals surface area contributed by atoms with Crippen LogP contribution < -0.4 is 10.6 Å². The Morgan fingerprint density at radius 1 is 1.53 bits per heavy atom. The molecular weight excluding hydrogens is 216 g/mol. The molecule has 2 N–H and O–H groups in total. The maximum Gasteiger partial charge on any atom is 0.319 e. The number of hydrogen-bond acceptors (Lipinski definition) is 2. The first kappa shape index (κ1) is 11.4. The van der Waals surface area contributed by atoms with Crippen LogP contribution in [0.2, 0.25) is 0 Å². The standard InChI is InChI=1S/C12H16N4O/c1-3-6-13-12(17)15-10-5-4-7-16-8-9(2)14-11(10)16/h4-5,7-8H,3,6H2,1-2H3,(H2,13,15,17). The molecule has 2 heterocycles. The third kappa shape index (κ3) is 2.55. The van der Waals surface area contributed by atoms with Gasteiger partial charge in [-0.25, -0.2) is 9.78 Å². The molecule has 5 nitrogen and oxygen atoms in total. The molecule has 2 aromatic heterocycles. The van der Waals surface area contributed by atoms with Gasteiger partial charge in [0.15, 0.2) is 5.65 Å². The Kier molecular flexibility index (Phi) is 3.27. The molecule has 0 radical (unpaired) electrons. The number of fused-ring (bicyclic) bond motifs is 1. The van der Waals surface area contributed by atoms with Gasteiger partial charge in [0.25, 0.3) is 0 Å². The Bertz CT molecular complexity index is 532. The summed E-state index contributed by atoms with van der Waals surface area (Å²) in [6.45, 7) is 4.61. The quantitative estimate of drug-likeness (QED) is 0.852. The molecule has 0 aliphatic carbocycles. The van der Waals surface area contributed by atoms with Crippen molar-refractivity contribution in [3.8, 4) is 0 Å². The van der Waals surface area contributed by atoms with Crippen LogP contribution in [0.25, 0.3) is 5.65 Å². The van der Waals surface area contributed by atoms with Crippen molar-refractivity contribution >= 4 is 17.4 Å². The second-order valence-electron chi connectivity index (χ2n) is 3.92. The van der Waals surface area contributed by atoms with E-state index in [0.717, 1.165) is 17.8 Å². The normalized spacial score (nSPS) is 10.5. The van der Waals surface area contributed by atoms with Crippen LogP contribution in [0.15, 0.2) is 24.5 Å². The highest BCUT2D eigenvalue weighted by atomic mass is 16.2. The van der Waals surface area contributed by atoms with E-state index in [1.54, 1.807) is 0 Å².